The number of sulfonamides is 1. The van der Waals surface area contributed by atoms with E-state index < -0.39 is 16.1 Å². The van der Waals surface area contributed by atoms with Gasteiger partial charge in [-0.25, -0.2) is 8.42 Å². The van der Waals surface area contributed by atoms with E-state index in [0.717, 1.165) is 16.7 Å². The predicted molar refractivity (Wildman–Crippen MR) is 105 cm³/mol. The van der Waals surface area contributed by atoms with E-state index in [-0.39, 0.29) is 17.3 Å². The van der Waals surface area contributed by atoms with Gasteiger partial charge in [0, 0.05) is 19.6 Å². The minimum atomic E-state index is -3.80. The molecule has 2 aromatic carbocycles. The maximum absolute atomic E-state index is 13.4. The largest absolute Gasteiger partial charge is 0.378 e. The van der Waals surface area contributed by atoms with Gasteiger partial charge in [-0.15, -0.1) is 0 Å². The average molecular weight is 401 g/mol. The molecule has 2 heterocycles. The lowest BCUT2D eigenvalue weighted by molar-refractivity contribution is -0.139. The van der Waals surface area contributed by atoms with Gasteiger partial charge >= 0.3 is 0 Å². The maximum atomic E-state index is 13.4. The van der Waals surface area contributed by atoms with Crippen LogP contribution in [0, 0.1) is 6.92 Å². The van der Waals surface area contributed by atoms with Crippen LogP contribution in [0.15, 0.2) is 53.4 Å². The van der Waals surface area contributed by atoms with E-state index in [4.69, 9.17) is 4.74 Å². The van der Waals surface area contributed by atoms with Gasteiger partial charge in [-0.3, -0.25) is 4.79 Å². The monoisotopic (exact) mass is 400 g/mol. The van der Waals surface area contributed by atoms with Gasteiger partial charge in [0.2, 0.25) is 15.9 Å². The zero-order valence-electron chi connectivity index (χ0n) is 15.9. The normalized spacial score (nSPS) is 20.6. The highest BCUT2D eigenvalue weighted by Crippen LogP contribution is 2.30. The molecule has 4 rings (SSSR count). The average Bonchev–Trinajstić information content (AvgIpc) is 2.73. The Kier molecular flexibility index (Phi) is 5.23. The quantitative estimate of drug-likeness (QED) is 0.790. The van der Waals surface area contributed by atoms with Crippen molar-refractivity contribution < 1.29 is 17.9 Å². The Labute approximate surface area is 165 Å². The SMILES string of the molecule is Cc1ccc(S(=O)(=O)N2Cc3ccccc3C[C@@H]2C(=O)N2CCOCC2)cc1. The number of morpholine rings is 1. The molecule has 1 saturated heterocycles. The zero-order chi connectivity index (χ0) is 19.7. The molecule has 2 aliphatic heterocycles. The highest BCUT2D eigenvalue weighted by molar-refractivity contribution is 7.89. The van der Waals surface area contributed by atoms with Crippen LogP contribution in [0.3, 0.4) is 0 Å². The molecule has 0 aromatic heterocycles. The van der Waals surface area contributed by atoms with Crippen LogP contribution in [0.25, 0.3) is 0 Å². The second kappa shape index (κ2) is 7.66. The van der Waals surface area contributed by atoms with Crippen LogP contribution in [0.2, 0.25) is 0 Å². The first-order valence-electron chi connectivity index (χ1n) is 9.48. The lowest BCUT2D eigenvalue weighted by Gasteiger charge is -2.38. The Hall–Kier alpha value is -2.22. The molecule has 0 saturated carbocycles. The van der Waals surface area contributed by atoms with E-state index in [1.54, 1.807) is 29.2 Å². The van der Waals surface area contributed by atoms with Crippen molar-refractivity contribution in [3.63, 3.8) is 0 Å². The summed E-state index contributed by atoms with van der Waals surface area (Å²) in [6.45, 7) is 4.08. The summed E-state index contributed by atoms with van der Waals surface area (Å²) < 4.78 is 33.6. The topological polar surface area (TPSA) is 66.9 Å². The first-order chi connectivity index (χ1) is 13.5. The van der Waals surface area contributed by atoms with E-state index in [9.17, 15) is 13.2 Å². The molecule has 1 atom stereocenters. The van der Waals surface area contributed by atoms with Crippen molar-refractivity contribution in [2.24, 2.45) is 0 Å². The molecule has 1 fully saturated rings. The minimum absolute atomic E-state index is 0.145. The molecule has 28 heavy (non-hydrogen) atoms. The second-order valence-corrected chi connectivity index (χ2v) is 9.18. The van der Waals surface area contributed by atoms with Gasteiger partial charge in [-0.2, -0.15) is 4.31 Å². The summed E-state index contributed by atoms with van der Waals surface area (Å²) in [6, 6.07) is 13.8. The van der Waals surface area contributed by atoms with Crippen molar-refractivity contribution in [3.05, 3.63) is 65.2 Å². The van der Waals surface area contributed by atoms with Gasteiger partial charge in [0.15, 0.2) is 0 Å². The van der Waals surface area contributed by atoms with Crippen molar-refractivity contribution in [1.82, 2.24) is 9.21 Å². The van der Waals surface area contributed by atoms with Crippen LogP contribution < -0.4 is 0 Å². The Balaban J connectivity index is 1.72. The highest BCUT2D eigenvalue weighted by atomic mass is 32.2. The third-order valence-electron chi connectivity index (χ3n) is 5.44. The fraction of sp³-hybridized carbons (Fsp3) is 0.381. The summed E-state index contributed by atoms with van der Waals surface area (Å²) >= 11 is 0. The number of nitrogens with zero attached hydrogens (tertiary/aromatic N) is 2. The van der Waals surface area contributed by atoms with E-state index >= 15 is 0 Å². The van der Waals surface area contributed by atoms with Gasteiger partial charge in [0.1, 0.15) is 6.04 Å². The first kappa shape index (κ1) is 19.1. The molecule has 0 aliphatic carbocycles. The summed E-state index contributed by atoms with van der Waals surface area (Å²) in [6.07, 6.45) is 0.386. The zero-order valence-corrected chi connectivity index (χ0v) is 16.7. The van der Waals surface area contributed by atoms with Gasteiger partial charge in [-0.1, -0.05) is 42.0 Å². The molecule has 0 unspecified atom stereocenters. The van der Waals surface area contributed by atoms with Crippen LogP contribution in [-0.2, 0) is 32.5 Å². The van der Waals surface area contributed by atoms with Crippen LogP contribution in [-0.4, -0.2) is 55.9 Å². The van der Waals surface area contributed by atoms with E-state index in [1.807, 2.05) is 31.2 Å². The predicted octanol–water partition coefficient (Wildman–Crippen LogP) is 1.97. The molecule has 2 aliphatic rings. The van der Waals surface area contributed by atoms with Crippen LogP contribution >= 0.6 is 0 Å². The summed E-state index contributed by atoms with van der Waals surface area (Å²) in [5.41, 5.74) is 2.97. The number of ether oxygens (including phenoxy) is 1. The molecule has 148 valence electrons. The summed E-state index contributed by atoms with van der Waals surface area (Å²) in [5.74, 6) is -0.145. The third-order valence-corrected chi connectivity index (χ3v) is 7.31. The molecule has 2 aromatic rings. The molecular formula is C21H24N2O4S. The number of aryl methyl sites for hydroxylation is 1. The Bertz CT molecular complexity index is 966. The number of hydrogen-bond acceptors (Lipinski definition) is 4. The maximum Gasteiger partial charge on any atom is 0.244 e. The number of benzene rings is 2. The van der Waals surface area contributed by atoms with Gasteiger partial charge in [0.25, 0.3) is 0 Å². The Morgan fingerprint density at radius 2 is 1.64 bits per heavy atom. The van der Waals surface area contributed by atoms with Crippen molar-refractivity contribution >= 4 is 15.9 Å². The fourth-order valence-electron chi connectivity index (χ4n) is 3.80. The molecular weight excluding hydrogens is 376 g/mol. The smallest absolute Gasteiger partial charge is 0.244 e. The summed E-state index contributed by atoms with van der Waals surface area (Å²) in [7, 11) is -3.80. The fourth-order valence-corrected chi connectivity index (χ4v) is 5.36. The highest BCUT2D eigenvalue weighted by Gasteiger charge is 2.41. The minimum Gasteiger partial charge on any atom is -0.378 e. The van der Waals surface area contributed by atoms with Crippen LogP contribution in [0.1, 0.15) is 16.7 Å². The first-order valence-corrected chi connectivity index (χ1v) is 10.9. The molecule has 0 radical (unpaired) electrons. The number of amides is 1. The van der Waals surface area contributed by atoms with Crippen molar-refractivity contribution in [3.8, 4) is 0 Å². The molecule has 7 heteroatoms. The molecule has 0 N–H and O–H groups in total. The summed E-state index contributed by atoms with van der Waals surface area (Å²) in [4.78, 5) is 15.2. The molecule has 0 bridgehead atoms. The van der Waals surface area contributed by atoms with E-state index in [2.05, 4.69) is 0 Å². The Morgan fingerprint density at radius 1 is 1.00 bits per heavy atom. The second-order valence-electron chi connectivity index (χ2n) is 7.29. The third kappa shape index (κ3) is 3.57. The van der Waals surface area contributed by atoms with Gasteiger partial charge in [0.05, 0.1) is 18.1 Å². The molecule has 1 amide bonds. The Morgan fingerprint density at radius 3 is 2.32 bits per heavy atom. The number of hydrogen-bond donors (Lipinski definition) is 0. The van der Waals surface area contributed by atoms with Crippen LogP contribution in [0.5, 0.6) is 0 Å². The van der Waals surface area contributed by atoms with E-state index in [1.165, 1.54) is 4.31 Å². The van der Waals surface area contributed by atoms with Crippen molar-refractivity contribution in [2.75, 3.05) is 26.3 Å². The van der Waals surface area contributed by atoms with Crippen molar-refractivity contribution in [1.29, 1.82) is 0 Å². The molecule has 6 nitrogen and oxygen atoms in total. The summed E-state index contributed by atoms with van der Waals surface area (Å²) in [5, 5.41) is 0. The molecule has 0 spiro atoms. The van der Waals surface area contributed by atoms with Crippen LogP contribution in [0.4, 0.5) is 0 Å². The van der Waals surface area contributed by atoms with E-state index in [0.29, 0.717) is 32.7 Å². The number of carbonyl (C=O) groups excluding carboxylic acids is 1. The lowest BCUT2D eigenvalue weighted by Crippen LogP contribution is -2.55. The van der Waals surface area contributed by atoms with Gasteiger partial charge < -0.3 is 9.64 Å². The van der Waals surface area contributed by atoms with Gasteiger partial charge in [-0.05, 0) is 36.6 Å². The van der Waals surface area contributed by atoms with Crippen molar-refractivity contribution in [2.45, 2.75) is 30.8 Å². The standard InChI is InChI=1S/C21H24N2O4S/c1-16-6-8-19(9-7-16)28(25,26)23-15-18-5-3-2-4-17(18)14-20(23)21(24)22-10-12-27-13-11-22/h2-9,20H,10-15H2,1H3/t20-/m1/s1. The number of fused-ring (bicyclic) bond motifs is 1. The number of rotatable bonds is 3. The lowest BCUT2D eigenvalue weighted by atomic mass is 9.95. The number of carbonyl (C=O) groups is 1.